The lowest BCUT2D eigenvalue weighted by atomic mass is 10.1. The number of imide groups is 1. The molecule has 4 nitrogen and oxygen atoms in total. The summed E-state index contributed by atoms with van der Waals surface area (Å²) in [6.07, 6.45) is 0. The summed E-state index contributed by atoms with van der Waals surface area (Å²) in [7, 11) is 0. The zero-order valence-electron chi connectivity index (χ0n) is 8.78. The van der Waals surface area contributed by atoms with Crippen molar-refractivity contribution in [3.63, 3.8) is 0 Å². The second-order valence-corrected chi connectivity index (χ2v) is 3.93. The average molecular weight is 214 g/mol. The highest BCUT2D eigenvalue weighted by Gasteiger charge is 2.33. The number of benzene rings is 1. The molecule has 2 heterocycles. The number of hydrogen-bond acceptors (Lipinski definition) is 2. The van der Waals surface area contributed by atoms with E-state index in [1.54, 1.807) is 0 Å². The van der Waals surface area contributed by atoms with Gasteiger partial charge in [-0.05, 0) is 6.07 Å². The van der Waals surface area contributed by atoms with Gasteiger partial charge in [0.15, 0.2) is 0 Å². The maximum absolute atomic E-state index is 12.0. The molecule has 0 bridgehead atoms. The Labute approximate surface area is 91.9 Å². The van der Waals surface area contributed by atoms with Gasteiger partial charge in [-0.25, -0.2) is 0 Å². The lowest BCUT2D eigenvalue weighted by Crippen LogP contribution is -2.28. The Bertz CT molecular complexity index is 613. The fourth-order valence-electron chi connectivity index (χ4n) is 2.18. The van der Waals surface area contributed by atoms with Crippen LogP contribution in [0.5, 0.6) is 0 Å². The molecule has 1 aliphatic rings. The van der Waals surface area contributed by atoms with E-state index < -0.39 is 0 Å². The zero-order valence-corrected chi connectivity index (χ0v) is 8.78. The molecule has 0 radical (unpaired) electrons. The Morgan fingerprint density at radius 1 is 1.38 bits per heavy atom. The van der Waals surface area contributed by atoms with Gasteiger partial charge in [-0.1, -0.05) is 18.2 Å². The molecule has 0 fully saturated rings. The van der Waals surface area contributed by atoms with Crippen LogP contribution >= 0.6 is 0 Å². The van der Waals surface area contributed by atoms with E-state index in [1.165, 1.54) is 11.8 Å². The Kier molecular flexibility index (Phi) is 1.68. The molecule has 0 spiro atoms. The number of carbonyl (C=O) groups is 2. The summed E-state index contributed by atoms with van der Waals surface area (Å²) in [5.41, 5.74) is 2.43. The first-order chi connectivity index (χ1) is 7.68. The van der Waals surface area contributed by atoms with Crippen molar-refractivity contribution in [3.8, 4) is 0 Å². The fraction of sp³-hybridized carbons (Fsp3) is 0.167. The van der Waals surface area contributed by atoms with Crippen LogP contribution < -0.4 is 0 Å². The molecule has 4 heteroatoms. The number of aromatic amines is 1. The number of amides is 2. The van der Waals surface area contributed by atoms with Crippen molar-refractivity contribution >= 4 is 22.7 Å². The molecule has 16 heavy (non-hydrogen) atoms. The largest absolute Gasteiger partial charge is 0.356 e. The van der Waals surface area contributed by atoms with E-state index in [-0.39, 0.29) is 11.8 Å². The highest BCUT2D eigenvalue weighted by Crippen LogP contribution is 2.29. The molecule has 0 atom stereocenters. The molecule has 2 amide bonds. The number of aromatic nitrogens is 1. The predicted molar refractivity (Wildman–Crippen MR) is 58.9 cm³/mol. The van der Waals surface area contributed by atoms with Crippen LogP contribution in [-0.2, 0) is 11.3 Å². The van der Waals surface area contributed by atoms with E-state index in [9.17, 15) is 9.59 Å². The predicted octanol–water partition coefficient (Wildman–Crippen LogP) is 1.67. The van der Waals surface area contributed by atoms with Gasteiger partial charge in [-0.3, -0.25) is 14.5 Å². The summed E-state index contributed by atoms with van der Waals surface area (Å²) in [4.78, 5) is 27.7. The molecule has 1 N–H and O–H groups in total. The first kappa shape index (κ1) is 9.15. The molecule has 1 aliphatic heterocycles. The van der Waals surface area contributed by atoms with Gasteiger partial charge < -0.3 is 4.98 Å². The van der Waals surface area contributed by atoms with Gasteiger partial charge in [-0.15, -0.1) is 0 Å². The Morgan fingerprint density at radius 2 is 2.12 bits per heavy atom. The number of nitrogens with one attached hydrogen (secondary N) is 1. The second kappa shape index (κ2) is 2.95. The van der Waals surface area contributed by atoms with E-state index in [1.807, 2.05) is 24.3 Å². The van der Waals surface area contributed by atoms with E-state index >= 15 is 0 Å². The van der Waals surface area contributed by atoms with Crippen molar-refractivity contribution in [1.29, 1.82) is 0 Å². The molecule has 0 unspecified atom stereocenters. The lowest BCUT2D eigenvalue weighted by Gasteiger charge is -2.10. The highest BCUT2D eigenvalue weighted by molar-refractivity contribution is 6.15. The number of hydrogen-bond donors (Lipinski definition) is 1. The molecule has 1 aromatic heterocycles. The van der Waals surface area contributed by atoms with E-state index in [0.29, 0.717) is 12.1 Å². The van der Waals surface area contributed by atoms with E-state index in [2.05, 4.69) is 4.98 Å². The van der Waals surface area contributed by atoms with Gasteiger partial charge in [0.05, 0.1) is 12.1 Å². The molecule has 0 aliphatic carbocycles. The van der Waals surface area contributed by atoms with Crippen molar-refractivity contribution in [2.24, 2.45) is 0 Å². The number of nitrogens with zero attached hydrogens (tertiary/aromatic N) is 1. The van der Waals surface area contributed by atoms with Gasteiger partial charge in [0.25, 0.3) is 5.91 Å². The van der Waals surface area contributed by atoms with Crippen molar-refractivity contribution in [3.05, 3.63) is 35.5 Å². The summed E-state index contributed by atoms with van der Waals surface area (Å²) in [6, 6.07) is 7.63. The third-order valence-corrected chi connectivity index (χ3v) is 2.94. The van der Waals surface area contributed by atoms with Crippen LogP contribution in [0.15, 0.2) is 24.3 Å². The van der Waals surface area contributed by atoms with Gasteiger partial charge in [0.1, 0.15) is 0 Å². The summed E-state index contributed by atoms with van der Waals surface area (Å²) in [5, 5.41) is 0.895. The smallest absolute Gasteiger partial charge is 0.263 e. The van der Waals surface area contributed by atoms with Gasteiger partial charge >= 0.3 is 0 Å². The SMILES string of the molecule is CC(=O)N1Cc2[nH]c3ccccc3c2C1=O. The van der Waals surface area contributed by atoms with Crippen LogP contribution in [0.25, 0.3) is 10.9 Å². The summed E-state index contributed by atoms with van der Waals surface area (Å²) in [5.74, 6) is -0.404. The second-order valence-electron chi connectivity index (χ2n) is 3.93. The normalized spacial score (nSPS) is 14.6. The molecule has 3 rings (SSSR count). The lowest BCUT2D eigenvalue weighted by molar-refractivity contribution is -0.126. The number of fused-ring (bicyclic) bond motifs is 3. The van der Waals surface area contributed by atoms with E-state index in [0.717, 1.165) is 16.6 Å². The Balaban J connectivity index is 2.23. The van der Waals surface area contributed by atoms with Crippen molar-refractivity contribution in [2.45, 2.75) is 13.5 Å². The summed E-state index contributed by atoms with van der Waals surface area (Å²) < 4.78 is 0. The monoisotopic (exact) mass is 214 g/mol. The molecule has 80 valence electrons. The first-order valence-electron chi connectivity index (χ1n) is 5.10. The van der Waals surface area contributed by atoms with Crippen molar-refractivity contribution in [1.82, 2.24) is 9.88 Å². The minimum Gasteiger partial charge on any atom is -0.356 e. The summed E-state index contributed by atoms with van der Waals surface area (Å²) >= 11 is 0. The minimum atomic E-state index is -0.210. The fourth-order valence-corrected chi connectivity index (χ4v) is 2.18. The van der Waals surface area contributed by atoms with Gasteiger partial charge in [-0.2, -0.15) is 0 Å². The molecule has 0 saturated heterocycles. The van der Waals surface area contributed by atoms with Crippen LogP contribution in [0.3, 0.4) is 0 Å². The Hall–Kier alpha value is -2.10. The topological polar surface area (TPSA) is 53.2 Å². The standard InChI is InChI=1S/C12H10N2O2/c1-7(15)14-6-10-11(12(14)16)8-4-2-3-5-9(8)13-10/h2-5,13H,6H2,1H3. The van der Waals surface area contributed by atoms with Gasteiger partial charge in [0.2, 0.25) is 5.91 Å². The molecule has 2 aromatic rings. The molecular formula is C12H10N2O2. The molecule has 0 saturated carbocycles. The van der Waals surface area contributed by atoms with Gasteiger partial charge in [0, 0.05) is 23.5 Å². The maximum Gasteiger partial charge on any atom is 0.263 e. The summed E-state index contributed by atoms with van der Waals surface area (Å²) in [6.45, 7) is 1.77. The van der Waals surface area contributed by atoms with E-state index in [4.69, 9.17) is 0 Å². The number of para-hydroxylation sites is 1. The zero-order chi connectivity index (χ0) is 11.3. The van der Waals surface area contributed by atoms with Crippen LogP contribution in [-0.4, -0.2) is 21.7 Å². The number of carbonyl (C=O) groups excluding carboxylic acids is 2. The first-order valence-corrected chi connectivity index (χ1v) is 5.10. The van der Waals surface area contributed by atoms with Crippen LogP contribution in [0, 0.1) is 0 Å². The van der Waals surface area contributed by atoms with Crippen LogP contribution in [0.1, 0.15) is 23.0 Å². The van der Waals surface area contributed by atoms with Crippen molar-refractivity contribution in [2.75, 3.05) is 0 Å². The molecule has 1 aromatic carbocycles. The van der Waals surface area contributed by atoms with Crippen LogP contribution in [0.2, 0.25) is 0 Å². The van der Waals surface area contributed by atoms with Crippen LogP contribution in [0.4, 0.5) is 0 Å². The third kappa shape index (κ3) is 1.04. The third-order valence-electron chi connectivity index (χ3n) is 2.94. The average Bonchev–Trinajstić information content (AvgIpc) is 2.75. The number of H-pyrrole nitrogens is 1. The number of rotatable bonds is 0. The quantitative estimate of drug-likeness (QED) is 0.725. The minimum absolute atomic E-state index is 0.194. The Morgan fingerprint density at radius 3 is 2.88 bits per heavy atom. The maximum atomic E-state index is 12.0. The highest BCUT2D eigenvalue weighted by atomic mass is 16.2. The van der Waals surface area contributed by atoms with Crippen molar-refractivity contribution < 1.29 is 9.59 Å². The molecular weight excluding hydrogens is 204 g/mol.